The Labute approximate surface area is 231 Å². The molecule has 2 aliphatic heterocycles. The van der Waals surface area contributed by atoms with Crippen LogP contribution >= 0.6 is 11.6 Å². The number of hydrogen-bond donors (Lipinski definition) is 3. The number of benzene rings is 1. The van der Waals surface area contributed by atoms with E-state index in [2.05, 4.69) is 24.8 Å². The number of nitrogens with zero attached hydrogens (tertiary/aromatic N) is 4. The van der Waals surface area contributed by atoms with Crippen LogP contribution in [0.4, 0.5) is 10.3 Å². The highest BCUT2D eigenvalue weighted by atomic mass is 35.5. The normalized spacial score (nSPS) is 22.5. The molecule has 4 heterocycles. The zero-order valence-electron chi connectivity index (χ0n) is 22.5. The number of nitrogens with one attached hydrogen (secondary N) is 1. The van der Waals surface area contributed by atoms with Crippen LogP contribution in [0.3, 0.4) is 0 Å². The second kappa shape index (κ2) is 11.5. The number of aliphatic hydroxyl groups excluding tert-OH is 2. The first-order valence-electron chi connectivity index (χ1n) is 13.5. The topological polar surface area (TPSA) is 113 Å². The molecule has 3 atom stereocenters. The fourth-order valence-corrected chi connectivity index (χ4v) is 5.89. The van der Waals surface area contributed by atoms with Gasteiger partial charge in [-0.25, -0.2) is 14.4 Å². The molecule has 3 N–H and O–H groups in total. The average molecular weight is 560 g/mol. The van der Waals surface area contributed by atoms with Gasteiger partial charge in [0.2, 0.25) is 5.95 Å². The van der Waals surface area contributed by atoms with Crippen LogP contribution in [0.1, 0.15) is 50.4 Å². The lowest BCUT2D eigenvalue weighted by atomic mass is 10.0. The molecule has 39 heavy (non-hydrogen) atoms. The molecule has 2 aliphatic rings. The molecule has 5 rings (SSSR count). The number of hydrogen-bond acceptors (Lipinski definition) is 8. The molecule has 0 radical (unpaired) electrons. The Balaban J connectivity index is 1.61. The summed E-state index contributed by atoms with van der Waals surface area (Å²) in [6, 6.07) is 2.99. The largest absolute Gasteiger partial charge is 0.392 e. The summed E-state index contributed by atoms with van der Waals surface area (Å²) in [5, 5.41) is 24.2. The Morgan fingerprint density at radius 1 is 1.28 bits per heavy atom. The smallest absolute Gasteiger partial charge is 0.223 e. The Hall–Kier alpha value is -2.63. The SMILES string of the molecule is Cc1c(CN2CCC[C@H](O)C2)n(C(C)C)c2cc(-c3nc(N[C@@H]4CCOC[C@H]4O)ncc3F)c(Cl)cc2c1=O. The fourth-order valence-electron chi connectivity index (χ4n) is 5.64. The summed E-state index contributed by atoms with van der Waals surface area (Å²) < 4.78 is 22.5. The molecule has 2 fully saturated rings. The number of halogens is 2. The number of piperidine rings is 1. The molecule has 0 bridgehead atoms. The quantitative estimate of drug-likeness (QED) is 0.419. The standard InChI is InChI=1S/C28H35ClFN5O4/c1-15(2)35-23-10-18(26-21(30)11-31-28(33-26)32-22-6-8-39-14-25(22)37)20(29)9-19(23)27(38)16(3)24(35)13-34-7-4-5-17(36)12-34/h9-11,15,17,22,25,36-37H,4-8,12-14H2,1-3H3,(H,31,32,33)/t17-,22+,25+/m0/s1. The average Bonchev–Trinajstić information content (AvgIpc) is 2.89. The maximum Gasteiger partial charge on any atom is 0.223 e. The highest BCUT2D eigenvalue weighted by molar-refractivity contribution is 6.34. The van der Waals surface area contributed by atoms with Gasteiger partial charge in [0, 0.05) is 47.9 Å². The summed E-state index contributed by atoms with van der Waals surface area (Å²) >= 11 is 6.66. The summed E-state index contributed by atoms with van der Waals surface area (Å²) in [6.07, 6.45) is 2.20. The van der Waals surface area contributed by atoms with Gasteiger partial charge in [0.15, 0.2) is 11.2 Å². The molecule has 3 aromatic rings. The van der Waals surface area contributed by atoms with Crippen LogP contribution in [0.2, 0.25) is 5.02 Å². The van der Waals surface area contributed by atoms with Crippen molar-refractivity contribution in [1.29, 1.82) is 0 Å². The van der Waals surface area contributed by atoms with Crippen molar-refractivity contribution >= 4 is 28.5 Å². The summed E-state index contributed by atoms with van der Waals surface area (Å²) in [7, 11) is 0. The molecular weight excluding hydrogens is 525 g/mol. The minimum Gasteiger partial charge on any atom is -0.392 e. The molecule has 0 amide bonds. The van der Waals surface area contributed by atoms with E-state index in [0.29, 0.717) is 48.1 Å². The monoisotopic (exact) mass is 559 g/mol. The number of ether oxygens (including phenoxy) is 1. The minimum atomic E-state index is -0.733. The molecule has 0 unspecified atom stereocenters. The van der Waals surface area contributed by atoms with Crippen LogP contribution in [-0.2, 0) is 11.3 Å². The summed E-state index contributed by atoms with van der Waals surface area (Å²) in [5.41, 5.74) is 2.36. The third-order valence-electron chi connectivity index (χ3n) is 7.66. The first kappa shape index (κ1) is 27.9. The van der Waals surface area contributed by atoms with Crippen molar-refractivity contribution < 1.29 is 19.3 Å². The number of anilines is 1. The molecule has 2 aromatic heterocycles. The van der Waals surface area contributed by atoms with E-state index in [-0.39, 0.29) is 46.9 Å². The predicted molar refractivity (Wildman–Crippen MR) is 149 cm³/mol. The van der Waals surface area contributed by atoms with E-state index < -0.39 is 11.9 Å². The molecule has 0 spiro atoms. The minimum absolute atomic E-state index is 0.00461. The first-order chi connectivity index (χ1) is 18.6. The van der Waals surface area contributed by atoms with E-state index in [1.807, 2.05) is 20.8 Å². The van der Waals surface area contributed by atoms with E-state index >= 15 is 4.39 Å². The highest BCUT2D eigenvalue weighted by Crippen LogP contribution is 2.34. The van der Waals surface area contributed by atoms with Gasteiger partial charge in [-0.3, -0.25) is 9.69 Å². The lowest BCUT2D eigenvalue weighted by Gasteiger charge is -2.32. The van der Waals surface area contributed by atoms with Crippen LogP contribution in [0, 0.1) is 12.7 Å². The van der Waals surface area contributed by atoms with Gasteiger partial charge >= 0.3 is 0 Å². The second-order valence-electron chi connectivity index (χ2n) is 10.8. The number of aliphatic hydroxyl groups is 2. The second-order valence-corrected chi connectivity index (χ2v) is 11.2. The van der Waals surface area contributed by atoms with Crippen LogP contribution in [0.15, 0.2) is 23.1 Å². The van der Waals surface area contributed by atoms with Gasteiger partial charge in [0.25, 0.3) is 0 Å². The van der Waals surface area contributed by atoms with Gasteiger partial charge in [-0.1, -0.05) is 11.6 Å². The Morgan fingerprint density at radius 3 is 2.79 bits per heavy atom. The van der Waals surface area contributed by atoms with Crippen LogP contribution < -0.4 is 10.7 Å². The van der Waals surface area contributed by atoms with Crippen molar-refractivity contribution in [3.63, 3.8) is 0 Å². The third kappa shape index (κ3) is 5.67. The number of pyridine rings is 1. The van der Waals surface area contributed by atoms with E-state index in [1.54, 1.807) is 12.1 Å². The van der Waals surface area contributed by atoms with Crippen molar-refractivity contribution in [2.45, 2.75) is 70.9 Å². The van der Waals surface area contributed by atoms with E-state index in [1.165, 1.54) is 0 Å². The lowest BCUT2D eigenvalue weighted by molar-refractivity contribution is -0.0136. The number of likely N-dealkylation sites (tertiary alicyclic amines) is 1. The van der Waals surface area contributed by atoms with Crippen molar-refractivity contribution in [3.05, 3.63) is 50.7 Å². The van der Waals surface area contributed by atoms with Gasteiger partial charge in [-0.2, -0.15) is 0 Å². The van der Waals surface area contributed by atoms with Gasteiger partial charge < -0.3 is 24.8 Å². The molecule has 0 aliphatic carbocycles. The van der Waals surface area contributed by atoms with Gasteiger partial charge in [-0.05, 0) is 58.7 Å². The fraction of sp³-hybridized carbons (Fsp3) is 0.536. The molecule has 9 nitrogen and oxygen atoms in total. The van der Waals surface area contributed by atoms with Gasteiger partial charge in [-0.15, -0.1) is 0 Å². The van der Waals surface area contributed by atoms with Crippen LogP contribution in [0.25, 0.3) is 22.2 Å². The van der Waals surface area contributed by atoms with Gasteiger partial charge in [0.1, 0.15) is 5.69 Å². The molecule has 210 valence electrons. The molecule has 2 saturated heterocycles. The summed E-state index contributed by atoms with van der Waals surface area (Å²) in [4.78, 5) is 24.2. The zero-order chi connectivity index (χ0) is 27.8. The van der Waals surface area contributed by atoms with Crippen molar-refractivity contribution in [1.82, 2.24) is 19.4 Å². The van der Waals surface area contributed by atoms with Crippen molar-refractivity contribution in [2.75, 3.05) is 31.6 Å². The van der Waals surface area contributed by atoms with E-state index in [4.69, 9.17) is 16.3 Å². The van der Waals surface area contributed by atoms with Crippen molar-refractivity contribution in [2.24, 2.45) is 0 Å². The molecule has 11 heteroatoms. The number of aromatic nitrogens is 3. The van der Waals surface area contributed by atoms with Gasteiger partial charge in [0.05, 0.1) is 41.6 Å². The summed E-state index contributed by atoms with van der Waals surface area (Å²) in [5.74, 6) is -0.481. The lowest BCUT2D eigenvalue weighted by Crippen LogP contribution is -2.42. The molecule has 1 aromatic carbocycles. The number of rotatable bonds is 6. The Bertz CT molecular complexity index is 1430. The molecular formula is C28H35ClFN5O4. The van der Waals surface area contributed by atoms with Crippen LogP contribution in [-0.4, -0.2) is 74.2 Å². The Kier molecular flexibility index (Phi) is 8.21. The number of β-amino-alcohol motifs (C(OH)–C–C–N with tert-alkyl or cyclic N) is 1. The molecule has 0 saturated carbocycles. The highest BCUT2D eigenvalue weighted by Gasteiger charge is 2.26. The summed E-state index contributed by atoms with van der Waals surface area (Å²) in [6.45, 7) is 8.52. The maximum atomic E-state index is 15.1. The third-order valence-corrected chi connectivity index (χ3v) is 7.98. The Morgan fingerprint density at radius 2 is 2.08 bits per heavy atom. The van der Waals surface area contributed by atoms with Crippen molar-refractivity contribution in [3.8, 4) is 11.3 Å². The predicted octanol–water partition coefficient (Wildman–Crippen LogP) is 3.66. The van der Waals surface area contributed by atoms with E-state index in [9.17, 15) is 15.0 Å². The number of fused-ring (bicyclic) bond motifs is 1. The maximum absolute atomic E-state index is 15.1. The zero-order valence-corrected chi connectivity index (χ0v) is 23.2. The van der Waals surface area contributed by atoms with E-state index in [0.717, 1.165) is 31.3 Å². The first-order valence-corrected chi connectivity index (χ1v) is 13.8. The van der Waals surface area contributed by atoms with Crippen LogP contribution in [0.5, 0.6) is 0 Å².